The summed E-state index contributed by atoms with van der Waals surface area (Å²) in [6, 6.07) is 3.57. The first-order valence-electron chi connectivity index (χ1n) is 5.96. The molecule has 1 rings (SSSR count). The van der Waals surface area contributed by atoms with Gasteiger partial charge in [-0.2, -0.15) is 0 Å². The minimum atomic E-state index is -0.881. The largest absolute Gasteiger partial charge is 0.489 e. The van der Waals surface area contributed by atoms with Gasteiger partial charge in [0.05, 0.1) is 0 Å². The third-order valence-corrected chi connectivity index (χ3v) is 2.37. The SMILES string of the molecule is CCCCNCC(C)Oc1ccc(F)c(F)c1. The van der Waals surface area contributed by atoms with Crippen molar-refractivity contribution in [3.63, 3.8) is 0 Å². The predicted octanol–water partition coefficient (Wildman–Crippen LogP) is 3.12. The Bertz CT molecular complexity index is 344. The Morgan fingerprint density at radius 1 is 1.29 bits per heavy atom. The highest BCUT2D eigenvalue weighted by molar-refractivity contribution is 5.23. The smallest absolute Gasteiger partial charge is 0.162 e. The number of benzene rings is 1. The van der Waals surface area contributed by atoms with E-state index in [-0.39, 0.29) is 6.10 Å². The van der Waals surface area contributed by atoms with E-state index in [1.807, 2.05) is 6.92 Å². The van der Waals surface area contributed by atoms with Crippen LogP contribution in [0.3, 0.4) is 0 Å². The van der Waals surface area contributed by atoms with Gasteiger partial charge in [-0.05, 0) is 32.0 Å². The van der Waals surface area contributed by atoms with Gasteiger partial charge in [-0.3, -0.25) is 0 Å². The van der Waals surface area contributed by atoms with E-state index in [1.165, 1.54) is 6.07 Å². The van der Waals surface area contributed by atoms with Crippen LogP contribution in [0.1, 0.15) is 26.7 Å². The highest BCUT2D eigenvalue weighted by atomic mass is 19.2. The molecule has 0 saturated heterocycles. The van der Waals surface area contributed by atoms with Gasteiger partial charge < -0.3 is 10.1 Å². The van der Waals surface area contributed by atoms with Crippen molar-refractivity contribution < 1.29 is 13.5 Å². The van der Waals surface area contributed by atoms with Gasteiger partial charge in [-0.15, -0.1) is 0 Å². The van der Waals surface area contributed by atoms with Crippen LogP contribution in [0.5, 0.6) is 5.75 Å². The number of hydrogen-bond acceptors (Lipinski definition) is 2. The van der Waals surface area contributed by atoms with Crippen LogP contribution in [0.2, 0.25) is 0 Å². The second-order valence-corrected chi connectivity index (χ2v) is 4.06. The summed E-state index contributed by atoms with van der Waals surface area (Å²) < 4.78 is 31.1. The Hall–Kier alpha value is -1.16. The molecular formula is C13H19F2NO. The number of rotatable bonds is 7. The normalized spacial score (nSPS) is 12.5. The average molecular weight is 243 g/mol. The van der Waals surface area contributed by atoms with Crippen LogP contribution in [0, 0.1) is 11.6 Å². The molecule has 0 heterocycles. The van der Waals surface area contributed by atoms with Crippen LogP contribution in [0.4, 0.5) is 8.78 Å². The van der Waals surface area contributed by atoms with Crippen molar-refractivity contribution in [3.8, 4) is 5.75 Å². The first-order valence-corrected chi connectivity index (χ1v) is 5.96. The molecule has 17 heavy (non-hydrogen) atoms. The summed E-state index contributed by atoms with van der Waals surface area (Å²) >= 11 is 0. The molecule has 0 aromatic heterocycles. The minimum absolute atomic E-state index is 0.0725. The standard InChI is InChI=1S/C13H19F2NO/c1-3-4-7-16-9-10(2)17-11-5-6-12(14)13(15)8-11/h5-6,8,10,16H,3-4,7,9H2,1-2H3. The molecule has 1 unspecified atom stereocenters. The fourth-order valence-electron chi connectivity index (χ4n) is 1.43. The van der Waals surface area contributed by atoms with Crippen molar-refractivity contribution >= 4 is 0 Å². The van der Waals surface area contributed by atoms with Crippen molar-refractivity contribution in [1.82, 2.24) is 5.32 Å². The molecule has 0 aliphatic carbocycles. The summed E-state index contributed by atoms with van der Waals surface area (Å²) in [6.07, 6.45) is 2.19. The summed E-state index contributed by atoms with van der Waals surface area (Å²) in [5, 5.41) is 3.24. The lowest BCUT2D eigenvalue weighted by atomic mass is 10.3. The van der Waals surface area contributed by atoms with Crippen LogP contribution >= 0.6 is 0 Å². The number of halogens is 2. The molecule has 1 atom stereocenters. The van der Waals surface area contributed by atoms with E-state index < -0.39 is 11.6 Å². The molecule has 2 nitrogen and oxygen atoms in total. The second-order valence-electron chi connectivity index (χ2n) is 4.06. The van der Waals surface area contributed by atoms with Crippen LogP contribution < -0.4 is 10.1 Å². The zero-order valence-electron chi connectivity index (χ0n) is 10.3. The molecule has 0 saturated carbocycles. The third-order valence-electron chi connectivity index (χ3n) is 2.37. The van der Waals surface area contributed by atoms with Crippen LogP contribution in [-0.2, 0) is 0 Å². The van der Waals surface area contributed by atoms with Gasteiger partial charge in [0.15, 0.2) is 11.6 Å². The second kappa shape index (κ2) is 7.22. The van der Waals surface area contributed by atoms with Gasteiger partial charge in [0.25, 0.3) is 0 Å². The number of nitrogens with one attached hydrogen (secondary N) is 1. The Morgan fingerprint density at radius 2 is 2.06 bits per heavy atom. The maximum Gasteiger partial charge on any atom is 0.162 e. The van der Waals surface area contributed by atoms with Gasteiger partial charge in [-0.25, -0.2) is 8.78 Å². The lowest BCUT2D eigenvalue weighted by Crippen LogP contribution is -2.29. The third kappa shape index (κ3) is 5.13. The van der Waals surface area contributed by atoms with E-state index in [9.17, 15) is 8.78 Å². The van der Waals surface area contributed by atoms with Crippen LogP contribution in [-0.4, -0.2) is 19.2 Å². The topological polar surface area (TPSA) is 21.3 Å². The maximum atomic E-state index is 12.9. The number of hydrogen-bond donors (Lipinski definition) is 1. The molecule has 4 heteroatoms. The van der Waals surface area contributed by atoms with E-state index >= 15 is 0 Å². The molecule has 0 aliphatic heterocycles. The minimum Gasteiger partial charge on any atom is -0.489 e. The molecule has 1 aromatic rings. The van der Waals surface area contributed by atoms with Gasteiger partial charge >= 0.3 is 0 Å². The molecule has 0 fully saturated rings. The molecule has 0 radical (unpaired) electrons. The van der Waals surface area contributed by atoms with E-state index in [2.05, 4.69) is 12.2 Å². The Balaban J connectivity index is 2.34. The van der Waals surface area contributed by atoms with Crippen LogP contribution in [0.25, 0.3) is 0 Å². The highest BCUT2D eigenvalue weighted by Crippen LogP contribution is 2.16. The Morgan fingerprint density at radius 3 is 2.71 bits per heavy atom. The Labute approximate surface area is 101 Å². The van der Waals surface area contributed by atoms with Gasteiger partial charge in [-0.1, -0.05) is 13.3 Å². The summed E-state index contributed by atoms with van der Waals surface area (Å²) in [5.41, 5.74) is 0. The van der Waals surface area contributed by atoms with Crippen molar-refractivity contribution in [2.45, 2.75) is 32.8 Å². The first-order chi connectivity index (χ1) is 8.13. The van der Waals surface area contributed by atoms with E-state index in [4.69, 9.17) is 4.74 Å². The zero-order chi connectivity index (χ0) is 12.7. The van der Waals surface area contributed by atoms with Gasteiger partial charge in [0.1, 0.15) is 11.9 Å². The van der Waals surface area contributed by atoms with Crippen molar-refractivity contribution in [2.75, 3.05) is 13.1 Å². The lowest BCUT2D eigenvalue weighted by Gasteiger charge is -2.15. The fraction of sp³-hybridized carbons (Fsp3) is 0.538. The fourth-order valence-corrected chi connectivity index (χ4v) is 1.43. The highest BCUT2D eigenvalue weighted by Gasteiger charge is 2.07. The zero-order valence-corrected chi connectivity index (χ0v) is 10.3. The number of ether oxygens (including phenoxy) is 1. The summed E-state index contributed by atoms with van der Waals surface area (Å²) in [5.74, 6) is -1.38. The molecule has 0 bridgehead atoms. The quantitative estimate of drug-likeness (QED) is 0.743. The maximum absolute atomic E-state index is 12.9. The summed E-state index contributed by atoms with van der Waals surface area (Å²) in [6.45, 7) is 5.66. The lowest BCUT2D eigenvalue weighted by molar-refractivity contribution is 0.216. The number of unbranched alkanes of at least 4 members (excludes halogenated alkanes) is 1. The van der Waals surface area contributed by atoms with Crippen LogP contribution in [0.15, 0.2) is 18.2 Å². The molecule has 1 N–H and O–H groups in total. The van der Waals surface area contributed by atoms with Crippen molar-refractivity contribution in [3.05, 3.63) is 29.8 Å². The summed E-state index contributed by atoms with van der Waals surface area (Å²) in [7, 11) is 0. The van der Waals surface area contributed by atoms with E-state index in [0.717, 1.165) is 31.5 Å². The molecule has 96 valence electrons. The van der Waals surface area contributed by atoms with Gasteiger partial charge in [0, 0.05) is 12.6 Å². The van der Waals surface area contributed by atoms with E-state index in [1.54, 1.807) is 0 Å². The average Bonchev–Trinajstić information content (AvgIpc) is 2.30. The monoisotopic (exact) mass is 243 g/mol. The molecule has 0 spiro atoms. The van der Waals surface area contributed by atoms with E-state index in [0.29, 0.717) is 12.3 Å². The molecule has 0 aliphatic rings. The van der Waals surface area contributed by atoms with Gasteiger partial charge in [0.2, 0.25) is 0 Å². The van der Waals surface area contributed by atoms with Crippen molar-refractivity contribution in [1.29, 1.82) is 0 Å². The van der Waals surface area contributed by atoms with Crippen molar-refractivity contribution in [2.24, 2.45) is 0 Å². The first kappa shape index (κ1) is 13.9. The molecule has 1 aromatic carbocycles. The Kier molecular flexibility index (Phi) is 5.91. The molecule has 0 amide bonds. The summed E-state index contributed by atoms with van der Waals surface area (Å²) in [4.78, 5) is 0. The predicted molar refractivity (Wildman–Crippen MR) is 64.2 cm³/mol. The molecular weight excluding hydrogens is 224 g/mol.